The van der Waals surface area contributed by atoms with Crippen molar-refractivity contribution in [3.8, 4) is 29.1 Å². The molecular formula is C47H60ClN7O6. The molecule has 2 saturated heterocycles. The van der Waals surface area contributed by atoms with Gasteiger partial charge in [-0.25, -0.2) is 0 Å². The van der Waals surface area contributed by atoms with Crippen molar-refractivity contribution in [3.63, 3.8) is 0 Å². The van der Waals surface area contributed by atoms with Crippen molar-refractivity contribution in [1.29, 1.82) is 5.26 Å². The lowest BCUT2D eigenvalue weighted by atomic mass is 9.49. The SMILES string of the molecule is CN1C=C(c2cc(C(C)(C)O)ccc2Oc2ccc(OCCCN(C)C3NCC(C(=O)NC4C(C)(C)C(Oc5ccc(C#N)c(Cl)c5)C4(C)C)CN3)cc2)C2CCNC2C1=O. The molecule has 61 heavy (non-hydrogen) atoms. The van der Waals surface area contributed by atoms with Crippen molar-refractivity contribution in [2.45, 2.75) is 84.5 Å². The van der Waals surface area contributed by atoms with E-state index in [1.807, 2.05) is 55.7 Å². The van der Waals surface area contributed by atoms with E-state index in [-0.39, 0.29) is 59.0 Å². The van der Waals surface area contributed by atoms with Gasteiger partial charge in [0.05, 0.1) is 34.8 Å². The summed E-state index contributed by atoms with van der Waals surface area (Å²) in [6.45, 7) is 15.1. The molecule has 1 saturated carbocycles. The van der Waals surface area contributed by atoms with Gasteiger partial charge < -0.3 is 34.9 Å². The quantitative estimate of drug-likeness (QED) is 0.125. The highest BCUT2D eigenvalue weighted by Crippen LogP contribution is 2.55. The Bertz CT molecular complexity index is 2160. The van der Waals surface area contributed by atoms with E-state index >= 15 is 0 Å². The van der Waals surface area contributed by atoms with E-state index in [1.54, 1.807) is 44.0 Å². The number of nitrogens with one attached hydrogen (secondary N) is 4. The highest BCUT2D eigenvalue weighted by molar-refractivity contribution is 6.31. The Morgan fingerprint density at radius 3 is 2.34 bits per heavy atom. The number of rotatable bonds is 14. The second kappa shape index (κ2) is 17.6. The van der Waals surface area contributed by atoms with Crippen LogP contribution >= 0.6 is 11.6 Å². The van der Waals surface area contributed by atoms with Gasteiger partial charge in [0, 0.05) is 67.3 Å². The number of amides is 2. The molecule has 4 aliphatic rings. The van der Waals surface area contributed by atoms with Crippen molar-refractivity contribution in [2.24, 2.45) is 22.7 Å². The molecule has 326 valence electrons. The predicted molar refractivity (Wildman–Crippen MR) is 235 cm³/mol. The van der Waals surface area contributed by atoms with Gasteiger partial charge in [0.2, 0.25) is 11.8 Å². The van der Waals surface area contributed by atoms with E-state index < -0.39 is 5.60 Å². The summed E-state index contributed by atoms with van der Waals surface area (Å²) in [5, 5.41) is 34.1. The lowest BCUT2D eigenvalue weighted by Crippen LogP contribution is -2.75. The Morgan fingerprint density at radius 2 is 1.69 bits per heavy atom. The van der Waals surface area contributed by atoms with Crippen molar-refractivity contribution in [2.75, 3.05) is 46.9 Å². The van der Waals surface area contributed by atoms with Crippen molar-refractivity contribution in [1.82, 2.24) is 31.1 Å². The molecule has 0 aromatic heterocycles. The molecule has 3 aromatic rings. The lowest BCUT2D eigenvalue weighted by molar-refractivity contribution is -0.174. The fourth-order valence-electron chi connectivity index (χ4n) is 9.75. The molecule has 3 heterocycles. The molecule has 3 aromatic carbocycles. The average molecular weight is 854 g/mol. The molecule has 0 spiro atoms. The molecular weight excluding hydrogens is 794 g/mol. The first kappa shape index (κ1) is 44.4. The molecule has 14 heteroatoms. The number of benzene rings is 3. The van der Waals surface area contributed by atoms with Crippen molar-refractivity contribution >= 4 is 29.0 Å². The van der Waals surface area contributed by atoms with Gasteiger partial charge in [-0.15, -0.1) is 0 Å². The zero-order valence-corrected chi connectivity index (χ0v) is 37.2. The molecule has 0 bridgehead atoms. The van der Waals surface area contributed by atoms with Crippen LogP contribution in [0.25, 0.3) is 5.57 Å². The fourth-order valence-corrected chi connectivity index (χ4v) is 9.96. The first-order valence-electron chi connectivity index (χ1n) is 21.2. The summed E-state index contributed by atoms with van der Waals surface area (Å²) in [6.07, 6.45) is 3.30. The third kappa shape index (κ3) is 9.26. The summed E-state index contributed by atoms with van der Waals surface area (Å²) in [5.74, 6) is 2.50. The Morgan fingerprint density at radius 1 is 1.02 bits per heavy atom. The third-order valence-electron chi connectivity index (χ3n) is 12.9. The summed E-state index contributed by atoms with van der Waals surface area (Å²) < 4.78 is 18.9. The Labute approximate surface area is 364 Å². The van der Waals surface area contributed by atoms with Gasteiger partial charge in [0.15, 0.2) is 0 Å². The molecule has 13 nitrogen and oxygen atoms in total. The highest BCUT2D eigenvalue weighted by atomic mass is 35.5. The van der Waals surface area contributed by atoms with Gasteiger partial charge in [-0.3, -0.25) is 25.1 Å². The molecule has 3 fully saturated rings. The van der Waals surface area contributed by atoms with Crippen LogP contribution < -0.4 is 35.5 Å². The summed E-state index contributed by atoms with van der Waals surface area (Å²) in [4.78, 5) is 30.2. The van der Waals surface area contributed by atoms with Gasteiger partial charge in [0.25, 0.3) is 0 Å². The standard InChI is InChI=1S/C47H60ClN7O6/c1-45(2)42(46(3,4)43(45)61-33-12-10-28(24-49)37(48)23-33)53-40(56)29-25-51-44(52-26-29)54(7)20-9-21-59-31-13-15-32(16-14-31)60-38-17-11-30(47(5,6)58)22-35(38)36-27-55(8)41(57)39-34(36)18-19-50-39/h10-17,22-23,27,29,34,39,42-44,50-52,58H,9,18-21,25-26H2,1-8H3,(H,53,56). The third-order valence-corrected chi connectivity index (χ3v) is 13.2. The molecule has 0 radical (unpaired) electrons. The van der Waals surface area contributed by atoms with Crippen LogP contribution in [0.1, 0.15) is 71.1 Å². The molecule has 5 N–H and O–H groups in total. The predicted octanol–water partition coefficient (Wildman–Crippen LogP) is 5.81. The van der Waals surface area contributed by atoms with Gasteiger partial charge >= 0.3 is 0 Å². The van der Waals surface area contributed by atoms with Crippen molar-refractivity contribution < 1.29 is 28.9 Å². The van der Waals surface area contributed by atoms with Gasteiger partial charge in [0.1, 0.15) is 41.5 Å². The number of carbonyl (C=O) groups is 2. The highest BCUT2D eigenvalue weighted by Gasteiger charge is 2.64. The van der Waals surface area contributed by atoms with E-state index in [9.17, 15) is 20.0 Å². The van der Waals surface area contributed by atoms with Crippen LogP contribution in [0.4, 0.5) is 0 Å². The number of ether oxygens (including phenoxy) is 3. The molecule has 3 aliphatic heterocycles. The fraction of sp³-hybridized carbons (Fsp3) is 0.511. The van der Waals surface area contributed by atoms with Crippen LogP contribution in [-0.2, 0) is 15.2 Å². The first-order valence-corrected chi connectivity index (χ1v) is 21.6. The Kier molecular flexibility index (Phi) is 12.8. The van der Waals surface area contributed by atoms with Crippen LogP contribution in [-0.4, -0.2) is 98.1 Å². The second-order valence-corrected chi connectivity index (χ2v) is 19.0. The van der Waals surface area contributed by atoms with Gasteiger partial charge in [-0.1, -0.05) is 45.4 Å². The molecule has 7 rings (SSSR count). The molecule has 1 aliphatic carbocycles. The minimum absolute atomic E-state index is 0.00734. The van der Waals surface area contributed by atoms with Crippen LogP contribution in [0.5, 0.6) is 23.0 Å². The number of halogens is 1. The number of fused-ring (bicyclic) bond motifs is 1. The number of nitrogens with zero attached hydrogens (tertiary/aromatic N) is 3. The Hall–Kier alpha value is -4.68. The Balaban J connectivity index is 0.861. The molecule has 2 atom stereocenters. The summed E-state index contributed by atoms with van der Waals surface area (Å²) in [5.41, 5.74) is 1.32. The number of nitriles is 1. The van der Waals surface area contributed by atoms with Gasteiger partial charge in [-0.05, 0) is 99.9 Å². The topological polar surface area (TPSA) is 160 Å². The van der Waals surface area contributed by atoms with Crippen LogP contribution in [0, 0.1) is 34.0 Å². The first-order chi connectivity index (χ1) is 28.9. The lowest BCUT2D eigenvalue weighted by Gasteiger charge is -2.63. The maximum absolute atomic E-state index is 13.5. The maximum Gasteiger partial charge on any atom is 0.244 e. The summed E-state index contributed by atoms with van der Waals surface area (Å²) >= 11 is 6.26. The normalized spacial score (nSPS) is 25.5. The monoisotopic (exact) mass is 853 g/mol. The summed E-state index contributed by atoms with van der Waals surface area (Å²) in [6, 6.07) is 20.1. The zero-order chi connectivity index (χ0) is 43.9. The number of hydrogen-bond acceptors (Lipinski definition) is 11. The maximum atomic E-state index is 13.5. The van der Waals surface area contributed by atoms with Crippen LogP contribution in [0.2, 0.25) is 5.02 Å². The minimum atomic E-state index is -1.05. The number of carbonyl (C=O) groups excluding carboxylic acids is 2. The second-order valence-electron chi connectivity index (χ2n) is 18.6. The van der Waals surface area contributed by atoms with Crippen LogP contribution in [0.15, 0.2) is 66.9 Å². The summed E-state index contributed by atoms with van der Waals surface area (Å²) in [7, 11) is 3.82. The molecule has 2 amide bonds. The van der Waals surface area contributed by atoms with E-state index in [0.29, 0.717) is 47.5 Å². The van der Waals surface area contributed by atoms with E-state index in [1.165, 1.54) is 0 Å². The van der Waals surface area contributed by atoms with E-state index in [4.69, 9.17) is 25.8 Å². The van der Waals surface area contributed by atoms with E-state index in [2.05, 4.69) is 59.9 Å². The molecule has 2 unspecified atom stereocenters. The number of hydrogen-bond donors (Lipinski definition) is 5. The van der Waals surface area contributed by atoms with Crippen LogP contribution in [0.3, 0.4) is 0 Å². The minimum Gasteiger partial charge on any atom is -0.494 e. The number of aliphatic hydroxyl groups is 1. The van der Waals surface area contributed by atoms with E-state index in [0.717, 1.165) is 48.4 Å². The zero-order valence-electron chi connectivity index (χ0n) is 36.5. The van der Waals surface area contributed by atoms with Crippen molar-refractivity contribution in [3.05, 3.63) is 88.6 Å². The smallest absolute Gasteiger partial charge is 0.244 e. The average Bonchev–Trinajstić information content (AvgIpc) is 3.73. The van der Waals surface area contributed by atoms with Gasteiger partial charge in [-0.2, -0.15) is 5.26 Å². The largest absolute Gasteiger partial charge is 0.494 e. The number of likely N-dealkylation sites (N-methyl/N-ethyl adjacent to an activating group) is 1.